The van der Waals surface area contributed by atoms with Crippen LogP contribution in [-0.4, -0.2) is 31.0 Å². The fraction of sp³-hybridized carbons (Fsp3) is 0.478. The molecule has 1 spiro atoms. The van der Waals surface area contributed by atoms with Crippen LogP contribution in [0.1, 0.15) is 47.6 Å². The zero-order valence-corrected chi connectivity index (χ0v) is 17.2. The number of hydrogen-bond acceptors (Lipinski definition) is 4. The molecule has 4 nitrogen and oxygen atoms in total. The molecule has 28 heavy (non-hydrogen) atoms. The maximum Gasteiger partial charge on any atom is 0.198 e. The number of aliphatic hydroxyl groups is 1. The second kappa shape index (κ2) is 8.13. The fourth-order valence-corrected chi connectivity index (χ4v) is 4.52. The molecular weight excluding hydrogens is 376 g/mol. The second-order valence-electron chi connectivity index (χ2n) is 7.78. The van der Waals surface area contributed by atoms with Gasteiger partial charge in [0, 0.05) is 30.5 Å². The number of methoxy groups -OCH3 is 1. The van der Waals surface area contributed by atoms with Crippen molar-refractivity contribution in [1.82, 2.24) is 0 Å². The third-order valence-corrected chi connectivity index (χ3v) is 6.07. The van der Waals surface area contributed by atoms with Crippen LogP contribution in [0.2, 0.25) is 5.02 Å². The van der Waals surface area contributed by atoms with E-state index in [1.54, 1.807) is 7.11 Å². The summed E-state index contributed by atoms with van der Waals surface area (Å²) in [5.41, 5.74) is 5.59. The summed E-state index contributed by atoms with van der Waals surface area (Å²) in [5.74, 6) is -0.915. The van der Waals surface area contributed by atoms with Gasteiger partial charge in [-0.05, 0) is 47.2 Å². The number of fused-ring (bicyclic) bond motifs is 2. The minimum atomic E-state index is -0.915. The van der Waals surface area contributed by atoms with Crippen LogP contribution in [-0.2, 0) is 39.4 Å². The van der Waals surface area contributed by atoms with E-state index in [0.717, 1.165) is 34.6 Å². The Morgan fingerprint density at radius 2 is 1.96 bits per heavy atom. The monoisotopic (exact) mass is 402 g/mol. The number of rotatable bonds is 5. The molecule has 2 aliphatic heterocycles. The van der Waals surface area contributed by atoms with E-state index in [-0.39, 0.29) is 6.10 Å². The van der Waals surface area contributed by atoms with Gasteiger partial charge in [-0.25, -0.2) is 0 Å². The Morgan fingerprint density at radius 1 is 1.21 bits per heavy atom. The summed E-state index contributed by atoms with van der Waals surface area (Å²) in [7, 11) is 1.64. The quantitative estimate of drug-likeness (QED) is 0.807. The van der Waals surface area contributed by atoms with Crippen LogP contribution < -0.4 is 0 Å². The molecule has 1 fully saturated rings. The molecule has 2 aromatic carbocycles. The first kappa shape index (κ1) is 19.9. The van der Waals surface area contributed by atoms with E-state index in [9.17, 15) is 5.11 Å². The van der Waals surface area contributed by atoms with Crippen molar-refractivity contribution in [3.05, 3.63) is 69.2 Å². The Hall–Kier alpha value is -1.43. The van der Waals surface area contributed by atoms with E-state index in [0.29, 0.717) is 26.1 Å². The zero-order chi connectivity index (χ0) is 19.7. The van der Waals surface area contributed by atoms with Crippen molar-refractivity contribution in [2.75, 3.05) is 13.7 Å². The number of halogens is 1. The molecular formula is C23H27ClO4. The highest BCUT2D eigenvalue weighted by atomic mass is 35.5. The zero-order valence-electron chi connectivity index (χ0n) is 16.4. The summed E-state index contributed by atoms with van der Waals surface area (Å²) >= 11 is 6.59. The summed E-state index contributed by atoms with van der Waals surface area (Å²) in [4.78, 5) is 0. The van der Waals surface area contributed by atoms with Gasteiger partial charge in [-0.1, -0.05) is 42.8 Å². The molecule has 5 heteroatoms. The number of aryl methyl sites for hydroxylation is 1. The lowest BCUT2D eigenvalue weighted by Crippen LogP contribution is -2.45. The molecule has 150 valence electrons. The Balaban J connectivity index is 1.64. The number of ether oxygens (including phenoxy) is 3. The Morgan fingerprint density at radius 3 is 2.68 bits per heavy atom. The Bertz CT molecular complexity index is 835. The average Bonchev–Trinajstić information content (AvgIpc) is 2.99. The van der Waals surface area contributed by atoms with Crippen LogP contribution in [0.3, 0.4) is 0 Å². The Kier molecular flexibility index (Phi) is 5.77. The first-order valence-electron chi connectivity index (χ1n) is 9.91. The van der Waals surface area contributed by atoms with Gasteiger partial charge < -0.3 is 19.3 Å². The maximum atomic E-state index is 10.4. The molecule has 4 rings (SSSR count). The van der Waals surface area contributed by atoms with E-state index in [1.807, 2.05) is 6.07 Å². The SMILES string of the molecule is CCc1ccc(Cc2cc3c(cc2Cl)CO[C@@]32C[C@@H](O)C[C@@H](COC)O2)cc1. The first-order chi connectivity index (χ1) is 13.5. The van der Waals surface area contributed by atoms with Gasteiger partial charge in [-0.2, -0.15) is 0 Å². The van der Waals surface area contributed by atoms with Crippen LogP contribution in [0, 0.1) is 0 Å². The standard InChI is InChI=1S/C23H27ClO4/c1-3-15-4-6-16(7-5-15)8-17-9-21-18(10-22(17)24)13-27-23(21)12-19(25)11-20(28-23)14-26-2/h4-7,9-10,19-20,25H,3,8,11-14H2,1-2H3/t19-,20-,23+/m0/s1. The molecule has 0 unspecified atom stereocenters. The first-order valence-corrected chi connectivity index (χ1v) is 10.3. The average molecular weight is 403 g/mol. The predicted octanol–water partition coefficient (Wildman–Crippen LogP) is 4.36. The molecule has 0 saturated carbocycles. The molecule has 0 aliphatic carbocycles. The third-order valence-electron chi connectivity index (χ3n) is 5.72. The lowest BCUT2D eigenvalue weighted by molar-refractivity contribution is -0.303. The predicted molar refractivity (Wildman–Crippen MR) is 109 cm³/mol. The van der Waals surface area contributed by atoms with Crippen LogP contribution in [0.15, 0.2) is 36.4 Å². The summed E-state index contributed by atoms with van der Waals surface area (Å²) in [6, 6.07) is 12.7. The van der Waals surface area contributed by atoms with Gasteiger partial charge in [0.2, 0.25) is 0 Å². The van der Waals surface area contributed by atoms with Gasteiger partial charge >= 0.3 is 0 Å². The van der Waals surface area contributed by atoms with Crippen molar-refractivity contribution in [3.63, 3.8) is 0 Å². The van der Waals surface area contributed by atoms with Crippen LogP contribution in [0.5, 0.6) is 0 Å². The molecule has 0 amide bonds. The lowest BCUT2D eigenvalue weighted by atomic mass is 9.90. The van der Waals surface area contributed by atoms with Crippen molar-refractivity contribution in [1.29, 1.82) is 0 Å². The van der Waals surface area contributed by atoms with Gasteiger partial charge in [0.1, 0.15) is 0 Å². The minimum absolute atomic E-state index is 0.194. The van der Waals surface area contributed by atoms with Crippen LogP contribution >= 0.6 is 11.6 Å². The summed E-state index contributed by atoms with van der Waals surface area (Å²) in [6.07, 6.45) is 2.07. The van der Waals surface area contributed by atoms with E-state index < -0.39 is 11.9 Å². The minimum Gasteiger partial charge on any atom is -0.393 e. The van der Waals surface area contributed by atoms with E-state index >= 15 is 0 Å². The van der Waals surface area contributed by atoms with E-state index in [1.165, 1.54) is 11.1 Å². The molecule has 2 aliphatic rings. The Labute approximate surface area is 171 Å². The molecule has 3 atom stereocenters. The molecule has 1 saturated heterocycles. The molecule has 0 aromatic heterocycles. The van der Waals surface area contributed by atoms with E-state index in [2.05, 4.69) is 37.3 Å². The summed E-state index contributed by atoms with van der Waals surface area (Å²) in [5, 5.41) is 11.2. The second-order valence-corrected chi connectivity index (χ2v) is 8.19. The van der Waals surface area contributed by atoms with Gasteiger partial charge in [-0.3, -0.25) is 0 Å². The molecule has 2 aromatic rings. The highest BCUT2D eigenvalue weighted by Gasteiger charge is 2.48. The van der Waals surface area contributed by atoms with Crippen molar-refractivity contribution >= 4 is 11.6 Å². The van der Waals surface area contributed by atoms with Gasteiger partial charge in [0.15, 0.2) is 5.79 Å². The van der Waals surface area contributed by atoms with Crippen molar-refractivity contribution in [2.45, 2.75) is 57.2 Å². The van der Waals surface area contributed by atoms with Gasteiger partial charge in [0.25, 0.3) is 0 Å². The summed E-state index contributed by atoms with van der Waals surface area (Å²) < 4.78 is 17.6. The molecule has 0 bridgehead atoms. The van der Waals surface area contributed by atoms with Crippen LogP contribution in [0.25, 0.3) is 0 Å². The highest BCUT2D eigenvalue weighted by molar-refractivity contribution is 6.31. The molecule has 1 N–H and O–H groups in total. The number of hydrogen-bond donors (Lipinski definition) is 1. The van der Waals surface area contributed by atoms with Crippen molar-refractivity contribution < 1.29 is 19.3 Å². The maximum absolute atomic E-state index is 10.4. The highest BCUT2D eigenvalue weighted by Crippen LogP contribution is 2.47. The normalized spacial score (nSPS) is 26.6. The van der Waals surface area contributed by atoms with Crippen molar-refractivity contribution in [3.8, 4) is 0 Å². The molecule has 2 heterocycles. The largest absolute Gasteiger partial charge is 0.393 e. The van der Waals surface area contributed by atoms with Crippen LogP contribution in [0.4, 0.5) is 0 Å². The number of benzene rings is 2. The number of aliphatic hydroxyl groups excluding tert-OH is 1. The topological polar surface area (TPSA) is 47.9 Å². The smallest absolute Gasteiger partial charge is 0.198 e. The van der Waals surface area contributed by atoms with E-state index in [4.69, 9.17) is 25.8 Å². The third kappa shape index (κ3) is 3.85. The molecule has 0 radical (unpaired) electrons. The fourth-order valence-electron chi connectivity index (χ4n) is 4.27. The summed E-state index contributed by atoms with van der Waals surface area (Å²) in [6.45, 7) is 3.02. The van der Waals surface area contributed by atoms with Gasteiger partial charge in [0.05, 0.1) is 25.4 Å². The lowest BCUT2D eigenvalue weighted by Gasteiger charge is -2.40. The van der Waals surface area contributed by atoms with Crippen molar-refractivity contribution in [2.24, 2.45) is 0 Å². The van der Waals surface area contributed by atoms with Gasteiger partial charge in [-0.15, -0.1) is 0 Å².